The highest BCUT2D eigenvalue weighted by Crippen LogP contribution is 2.32. The van der Waals surface area contributed by atoms with Crippen LogP contribution >= 0.6 is 11.8 Å². The maximum atomic E-state index is 13.5. The lowest BCUT2D eigenvalue weighted by atomic mass is 10.2. The van der Waals surface area contributed by atoms with Gasteiger partial charge < -0.3 is 5.73 Å². The molecule has 0 saturated heterocycles. The Balaban J connectivity index is 2.37. The first-order valence-corrected chi connectivity index (χ1v) is 6.23. The Morgan fingerprint density at radius 1 is 1.28 bits per heavy atom. The quantitative estimate of drug-likeness (QED) is 0.923. The minimum atomic E-state index is -0.475. The molecule has 0 aliphatic rings. The van der Waals surface area contributed by atoms with Crippen molar-refractivity contribution < 1.29 is 8.78 Å². The Bertz CT molecular complexity index is 558. The van der Waals surface area contributed by atoms with Gasteiger partial charge in [0.1, 0.15) is 16.7 Å². The number of halogens is 2. The minimum Gasteiger partial charge on any atom is -0.324 e. The van der Waals surface area contributed by atoms with Gasteiger partial charge in [-0.25, -0.2) is 13.8 Å². The standard InChI is InChI=1S/C13H12F2N2S/c1-8(16)10-3-2-6-17-13(10)18-12-7-9(14)4-5-11(12)15/h2-8H,16H2,1H3/t8-/m1/s1. The summed E-state index contributed by atoms with van der Waals surface area (Å²) in [5.74, 6) is -0.945. The molecule has 2 N–H and O–H groups in total. The molecule has 94 valence electrons. The van der Waals surface area contributed by atoms with Gasteiger partial charge in [0.15, 0.2) is 0 Å². The number of rotatable bonds is 3. The second-order valence-electron chi connectivity index (χ2n) is 3.86. The molecule has 1 aromatic heterocycles. The zero-order valence-corrected chi connectivity index (χ0v) is 10.5. The van der Waals surface area contributed by atoms with E-state index in [1.54, 1.807) is 12.3 Å². The van der Waals surface area contributed by atoms with Gasteiger partial charge in [0.05, 0.1) is 4.90 Å². The molecule has 18 heavy (non-hydrogen) atoms. The maximum Gasteiger partial charge on any atom is 0.137 e. The predicted molar refractivity (Wildman–Crippen MR) is 67.3 cm³/mol. The molecular formula is C13H12F2N2S. The normalized spacial score (nSPS) is 12.4. The number of pyridine rings is 1. The molecule has 0 aliphatic carbocycles. The van der Waals surface area contributed by atoms with Crippen LogP contribution in [0, 0.1) is 11.6 Å². The second-order valence-corrected chi connectivity index (χ2v) is 4.89. The SMILES string of the molecule is C[C@@H](N)c1cccnc1Sc1cc(F)ccc1F. The molecule has 1 atom stereocenters. The number of hydrogen-bond acceptors (Lipinski definition) is 3. The van der Waals surface area contributed by atoms with Crippen molar-refractivity contribution in [3.05, 3.63) is 53.7 Å². The Labute approximate surface area is 108 Å². The summed E-state index contributed by atoms with van der Waals surface area (Å²) in [6.07, 6.45) is 1.60. The largest absolute Gasteiger partial charge is 0.324 e. The lowest BCUT2D eigenvalue weighted by Gasteiger charge is -2.11. The predicted octanol–water partition coefficient (Wildman–Crippen LogP) is 3.53. The summed E-state index contributed by atoms with van der Waals surface area (Å²) in [7, 11) is 0. The minimum absolute atomic E-state index is 0.204. The van der Waals surface area contributed by atoms with E-state index in [4.69, 9.17) is 5.73 Å². The first kappa shape index (κ1) is 13.0. The Morgan fingerprint density at radius 2 is 2.06 bits per heavy atom. The van der Waals surface area contributed by atoms with Crippen LogP contribution in [-0.2, 0) is 0 Å². The van der Waals surface area contributed by atoms with Crippen molar-refractivity contribution in [1.82, 2.24) is 4.98 Å². The molecule has 2 rings (SSSR count). The van der Waals surface area contributed by atoms with E-state index in [1.807, 2.05) is 13.0 Å². The highest BCUT2D eigenvalue weighted by Gasteiger charge is 2.12. The molecular weight excluding hydrogens is 254 g/mol. The van der Waals surface area contributed by atoms with Gasteiger partial charge in [0.2, 0.25) is 0 Å². The van der Waals surface area contributed by atoms with Gasteiger partial charge in [-0.05, 0) is 31.2 Å². The van der Waals surface area contributed by atoms with Crippen molar-refractivity contribution in [1.29, 1.82) is 0 Å². The van der Waals surface area contributed by atoms with E-state index in [0.29, 0.717) is 5.03 Å². The molecule has 0 bridgehead atoms. The van der Waals surface area contributed by atoms with E-state index < -0.39 is 11.6 Å². The molecule has 0 radical (unpaired) electrons. The fraction of sp³-hybridized carbons (Fsp3) is 0.154. The summed E-state index contributed by atoms with van der Waals surface area (Å²) >= 11 is 1.08. The van der Waals surface area contributed by atoms with Gasteiger partial charge in [-0.1, -0.05) is 17.8 Å². The van der Waals surface area contributed by atoms with E-state index in [0.717, 1.165) is 35.5 Å². The molecule has 0 saturated carbocycles. The zero-order chi connectivity index (χ0) is 13.1. The molecule has 0 fully saturated rings. The van der Waals surface area contributed by atoms with Gasteiger partial charge in [-0.15, -0.1) is 0 Å². The van der Waals surface area contributed by atoms with E-state index >= 15 is 0 Å². The van der Waals surface area contributed by atoms with Gasteiger partial charge in [-0.2, -0.15) is 0 Å². The number of nitrogens with zero attached hydrogens (tertiary/aromatic N) is 1. The lowest BCUT2D eigenvalue weighted by molar-refractivity contribution is 0.577. The fourth-order valence-corrected chi connectivity index (χ4v) is 2.53. The Kier molecular flexibility index (Phi) is 3.93. The van der Waals surface area contributed by atoms with Crippen LogP contribution in [0.25, 0.3) is 0 Å². The molecule has 2 aromatic rings. The first-order valence-electron chi connectivity index (χ1n) is 5.41. The average Bonchev–Trinajstić information content (AvgIpc) is 2.34. The third-order valence-corrected chi connectivity index (χ3v) is 3.46. The van der Waals surface area contributed by atoms with Crippen LogP contribution < -0.4 is 5.73 Å². The average molecular weight is 266 g/mol. The molecule has 0 aliphatic heterocycles. The number of aromatic nitrogens is 1. The van der Waals surface area contributed by atoms with Gasteiger partial charge >= 0.3 is 0 Å². The van der Waals surface area contributed by atoms with Gasteiger partial charge in [0.25, 0.3) is 0 Å². The van der Waals surface area contributed by atoms with Crippen LogP contribution in [-0.4, -0.2) is 4.98 Å². The zero-order valence-electron chi connectivity index (χ0n) is 9.73. The van der Waals surface area contributed by atoms with E-state index in [2.05, 4.69) is 4.98 Å². The highest BCUT2D eigenvalue weighted by atomic mass is 32.2. The van der Waals surface area contributed by atoms with Gasteiger partial charge in [-0.3, -0.25) is 0 Å². The molecule has 5 heteroatoms. The summed E-state index contributed by atoms with van der Waals surface area (Å²) in [5.41, 5.74) is 6.63. The molecule has 0 unspecified atom stereocenters. The Morgan fingerprint density at radius 3 is 2.78 bits per heavy atom. The van der Waals surface area contributed by atoms with Crippen LogP contribution in [0.1, 0.15) is 18.5 Å². The second kappa shape index (κ2) is 5.46. The van der Waals surface area contributed by atoms with Crippen molar-refractivity contribution in [2.24, 2.45) is 5.73 Å². The molecule has 2 nitrogen and oxygen atoms in total. The smallest absolute Gasteiger partial charge is 0.137 e. The van der Waals surface area contributed by atoms with E-state index in [1.165, 1.54) is 0 Å². The summed E-state index contributed by atoms with van der Waals surface area (Å²) in [6.45, 7) is 1.82. The van der Waals surface area contributed by atoms with E-state index in [-0.39, 0.29) is 10.9 Å². The number of nitrogens with two attached hydrogens (primary N) is 1. The third-order valence-electron chi connectivity index (χ3n) is 2.39. The fourth-order valence-electron chi connectivity index (χ4n) is 1.49. The molecule has 0 amide bonds. The van der Waals surface area contributed by atoms with Crippen molar-refractivity contribution in [3.8, 4) is 0 Å². The maximum absolute atomic E-state index is 13.5. The number of hydrogen-bond donors (Lipinski definition) is 1. The molecule has 0 spiro atoms. The van der Waals surface area contributed by atoms with Crippen molar-refractivity contribution in [2.45, 2.75) is 22.9 Å². The summed E-state index contributed by atoms with van der Waals surface area (Å²) in [4.78, 5) is 4.36. The topological polar surface area (TPSA) is 38.9 Å². The van der Waals surface area contributed by atoms with Gasteiger partial charge in [0, 0.05) is 17.8 Å². The van der Waals surface area contributed by atoms with Crippen molar-refractivity contribution in [2.75, 3.05) is 0 Å². The summed E-state index contributed by atoms with van der Waals surface area (Å²) < 4.78 is 26.6. The third kappa shape index (κ3) is 2.86. The van der Waals surface area contributed by atoms with Crippen molar-refractivity contribution >= 4 is 11.8 Å². The highest BCUT2D eigenvalue weighted by molar-refractivity contribution is 7.99. The number of benzene rings is 1. The Hall–Kier alpha value is -1.46. The molecule has 1 heterocycles. The first-order chi connectivity index (χ1) is 8.58. The summed E-state index contributed by atoms with van der Waals surface area (Å²) in [6, 6.07) is 6.73. The van der Waals surface area contributed by atoms with Crippen LogP contribution in [0.4, 0.5) is 8.78 Å². The van der Waals surface area contributed by atoms with Crippen LogP contribution in [0.15, 0.2) is 46.5 Å². The monoisotopic (exact) mass is 266 g/mol. The van der Waals surface area contributed by atoms with Crippen LogP contribution in [0.3, 0.4) is 0 Å². The van der Waals surface area contributed by atoms with Crippen molar-refractivity contribution in [3.63, 3.8) is 0 Å². The summed E-state index contributed by atoms with van der Waals surface area (Å²) in [5, 5.41) is 0.594. The van der Waals surface area contributed by atoms with Crippen LogP contribution in [0.5, 0.6) is 0 Å². The molecule has 1 aromatic carbocycles. The van der Waals surface area contributed by atoms with E-state index in [9.17, 15) is 8.78 Å². The van der Waals surface area contributed by atoms with Crippen LogP contribution in [0.2, 0.25) is 0 Å². The lowest BCUT2D eigenvalue weighted by Crippen LogP contribution is -2.07.